The van der Waals surface area contributed by atoms with E-state index in [4.69, 9.17) is 0 Å². The average Bonchev–Trinajstić information content (AvgIpc) is 2.90. The van der Waals surface area contributed by atoms with Crippen molar-refractivity contribution in [3.8, 4) is 11.8 Å². The third-order valence-electron chi connectivity index (χ3n) is 8.38. The Morgan fingerprint density at radius 1 is 0.778 bits per heavy atom. The van der Waals surface area contributed by atoms with Crippen LogP contribution in [0.25, 0.3) is 0 Å². The molecular weight excluding hydrogens is 446 g/mol. The lowest BCUT2D eigenvalue weighted by Gasteiger charge is -2.42. The molecule has 0 N–H and O–H groups in total. The number of halogens is 2. The smallest absolute Gasteiger partial charge is 0.174 e. The minimum absolute atomic E-state index is 0.123. The standard InChI is InChI=1S/C34H40F2/c1-3-5-7-9-25-11-13-26(14-12-25)15-17-28-21-22-32(34(36)33(28)35)31-20-19-29-23-27(10-8-6-4-2)16-18-30(29)24-31/h3-6,11-14,21-22,27,29-31H,7-10,16,18-20,23-24H2,1-2H3/b5-3+,6-4+. The van der Waals surface area contributed by atoms with Gasteiger partial charge in [-0.25, -0.2) is 8.78 Å². The summed E-state index contributed by atoms with van der Waals surface area (Å²) < 4.78 is 30.2. The van der Waals surface area contributed by atoms with E-state index < -0.39 is 11.6 Å². The highest BCUT2D eigenvalue weighted by atomic mass is 19.2. The van der Waals surface area contributed by atoms with Crippen LogP contribution in [0, 0.1) is 41.2 Å². The highest BCUT2D eigenvalue weighted by Gasteiger charge is 2.36. The Morgan fingerprint density at radius 3 is 2.28 bits per heavy atom. The molecule has 4 atom stereocenters. The van der Waals surface area contributed by atoms with Crippen molar-refractivity contribution >= 4 is 0 Å². The van der Waals surface area contributed by atoms with Crippen LogP contribution in [0.3, 0.4) is 0 Å². The molecule has 0 saturated heterocycles. The van der Waals surface area contributed by atoms with Crippen molar-refractivity contribution in [2.45, 2.75) is 84.0 Å². The summed E-state index contributed by atoms with van der Waals surface area (Å²) in [5.74, 6) is 6.76. The molecule has 0 spiro atoms. The predicted molar refractivity (Wildman–Crippen MR) is 147 cm³/mol. The van der Waals surface area contributed by atoms with Crippen molar-refractivity contribution in [1.29, 1.82) is 0 Å². The van der Waals surface area contributed by atoms with E-state index in [1.54, 1.807) is 12.1 Å². The molecule has 36 heavy (non-hydrogen) atoms. The summed E-state index contributed by atoms with van der Waals surface area (Å²) in [5.41, 5.74) is 2.76. The summed E-state index contributed by atoms with van der Waals surface area (Å²) in [4.78, 5) is 0. The predicted octanol–water partition coefficient (Wildman–Crippen LogP) is 9.53. The van der Waals surface area contributed by atoms with Crippen LogP contribution >= 0.6 is 0 Å². The van der Waals surface area contributed by atoms with Gasteiger partial charge in [0.1, 0.15) is 0 Å². The van der Waals surface area contributed by atoms with E-state index >= 15 is 4.39 Å². The topological polar surface area (TPSA) is 0 Å². The van der Waals surface area contributed by atoms with Crippen molar-refractivity contribution in [3.05, 3.63) is 94.6 Å². The normalized spacial score (nSPS) is 24.0. The van der Waals surface area contributed by atoms with Crippen LogP contribution < -0.4 is 0 Å². The molecule has 190 valence electrons. The summed E-state index contributed by atoms with van der Waals surface area (Å²) in [7, 11) is 0. The molecule has 0 amide bonds. The van der Waals surface area contributed by atoms with Gasteiger partial charge in [0.2, 0.25) is 0 Å². The lowest BCUT2D eigenvalue weighted by Crippen LogP contribution is -2.30. The summed E-state index contributed by atoms with van der Waals surface area (Å²) in [6.07, 6.45) is 20.0. The van der Waals surface area contributed by atoms with Gasteiger partial charge in [-0.3, -0.25) is 0 Å². The van der Waals surface area contributed by atoms with Crippen LogP contribution in [0.5, 0.6) is 0 Å². The first kappa shape index (κ1) is 26.4. The quantitative estimate of drug-likeness (QED) is 0.270. The molecular formula is C34H40F2. The zero-order chi connectivity index (χ0) is 25.3. The maximum absolute atomic E-state index is 15.2. The first-order valence-corrected chi connectivity index (χ1v) is 13.9. The average molecular weight is 487 g/mol. The second-order valence-corrected chi connectivity index (χ2v) is 10.7. The van der Waals surface area contributed by atoms with Gasteiger partial charge < -0.3 is 0 Å². The van der Waals surface area contributed by atoms with Crippen LogP contribution in [0.15, 0.2) is 60.7 Å². The van der Waals surface area contributed by atoms with Crippen LogP contribution in [0.4, 0.5) is 8.78 Å². The number of hydrogen-bond acceptors (Lipinski definition) is 0. The molecule has 0 bridgehead atoms. The van der Waals surface area contributed by atoms with Gasteiger partial charge in [-0.2, -0.15) is 0 Å². The molecule has 0 aliphatic heterocycles. The highest BCUT2D eigenvalue weighted by Crippen LogP contribution is 2.48. The first-order chi connectivity index (χ1) is 17.6. The van der Waals surface area contributed by atoms with Crippen molar-refractivity contribution in [3.63, 3.8) is 0 Å². The minimum atomic E-state index is -0.794. The molecule has 4 unspecified atom stereocenters. The lowest BCUT2D eigenvalue weighted by atomic mass is 9.63. The van der Waals surface area contributed by atoms with Crippen molar-refractivity contribution in [1.82, 2.24) is 0 Å². The first-order valence-electron chi connectivity index (χ1n) is 13.9. The number of allylic oxidation sites excluding steroid dienone is 4. The monoisotopic (exact) mass is 486 g/mol. The molecule has 4 rings (SSSR count). The Bertz CT molecular complexity index is 1110. The molecule has 2 fully saturated rings. The summed E-state index contributed by atoms with van der Waals surface area (Å²) >= 11 is 0. The van der Waals surface area contributed by atoms with Crippen molar-refractivity contribution in [2.75, 3.05) is 0 Å². The Morgan fingerprint density at radius 2 is 1.50 bits per heavy atom. The van der Waals surface area contributed by atoms with E-state index in [-0.39, 0.29) is 11.5 Å². The summed E-state index contributed by atoms with van der Waals surface area (Å²) in [6, 6.07) is 11.5. The second-order valence-electron chi connectivity index (χ2n) is 10.7. The van der Waals surface area contributed by atoms with Crippen LogP contribution in [0.1, 0.15) is 99.8 Å². The Balaban J connectivity index is 1.38. The Kier molecular flexibility index (Phi) is 9.57. The fraction of sp³-hybridized carbons (Fsp3) is 0.471. The number of aryl methyl sites for hydroxylation is 1. The van der Waals surface area contributed by atoms with Gasteiger partial charge in [-0.05, 0) is 125 Å². The van der Waals surface area contributed by atoms with Gasteiger partial charge in [-0.15, -0.1) is 0 Å². The molecule has 0 radical (unpaired) electrons. The Labute approximate surface area is 216 Å². The SMILES string of the molecule is C/C=C/CCc1ccc(C#Cc2ccc(C3CCC4CC(CC/C=C/C)CCC4C3)c(F)c2F)cc1. The maximum atomic E-state index is 15.2. The van der Waals surface area contributed by atoms with E-state index in [9.17, 15) is 4.39 Å². The molecule has 2 aliphatic rings. The van der Waals surface area contributed by atoms with Gasteiger partial charge in [-0.1, -0.05) is 60.8 Å². The van der Waals surface area contributed by atoms with Gasteiger partial charge in [0, 0.05) is 5.56 Å². The number of hydrogen-bond donors (Lipinski definition) is 0. The van der Waals surface area contributed by atoms with E-state index in [0.29, 0.717) is 11.5 Å². The van der Waals surface area contributed by atoms with Crippen molar-refractivity contribution in [2.24, 2.45) is 17.8 Å². The number of benzene rings is 2. The third-order valence-corrected chi connectivity index (χ3v) is 8.38. The van der Waals surface area contributed by atoms with E-state index in [2.05, 4.69) is 55.2 Å². The van der Waals surface area contributed by atoms with Crippen LogP contribution in [0.2, 0.25) is 0 Å². The molecule has 2 aromatic carbocycles. The fourth-order valence-corrected chi connectivity index (χ4v) is 6.32. The van der Waals surface area contributed by atoms with Gasteiger partial charge in [0.25, 0.3) is 0 Å². The fourth-order valence-electron chi connectivity index (χ4n) is 6.32. The van der Waals surface area contributed by atoms with Crippen LogP contribution in [-0.2, 0) is 6.42 Å². The molecule has 2 aliphatic carbocycles. The summed E-state index contributed by atoms with van der Waals surface area (Å²) in [5, 5.41) is 0. The van der Waals surface area contributed by atoms with E-state index in [1.165, 1.54) is 37.7 Å². The summed E-state index contributed by atoms with van der Waals surface area (Å²) in [6.45, 7) is 4.11. The van der Waals surface area contributed by atoms with E-state index in [0.717, 1.165) is 49.5 Å². The zero-order valence-corrected chi connectivity index (χ0v) is 21.9. The molecule has 2 aromatic rings. The minimum Gasteiger partial charge on any atom is -0.203 e. The number of rotatable bonds is 7. The largest absolute Gasteiger partial charge is 0.203 e. The van der Waals surface area contributed by atoms with E-state index in [1.807, 2.05) is 19.1 Å². The maximum Gasteiger partial charge on any atom is 0.174 e. The van der Waals surface area contributed by atoms with Gasteiger partial charge >= 0.3 is 0 Å². The second kappa shape index (κ2) is 13.0. The van der Waals surface area contributed by atoms with Crippen LogP contribution in [-0.4, -0.2) is 0 Å². The molecule has 0 heterocycles. The third kappa shape index (κ3) is 6.76. The van der Waals surface area contributed by atoms with Gasteiger partial charge in [0.15, 0.2) is 11.6 Å². The lowest BCUT2D eigenvalue weighted by molar-refractivity contribution is 0.114. The zero-order valence-electron chi connectivity index (χ0n) is 21.9. The highest BCUT2D eigenvalue weighted by molar-refractivity contribution is 5.45. The molecule has 2 saturated carbocycles. The molecule has 2 heteroatoms. The molecule has 0 aromatic heterocycles. The number of fused-ring (bicyclic) bond motifs is 1. The molecule has 0 nitrogen and oxygen atoms in total. The van der Waals surface area contributed by atoms with Crippen molar-refractivity contribution < 1.29 is 8.78 Å². The van der Waals surface area contributed by atoms with Gasteiger partial charge in [0.05, 0.1) is 5.56 Å². The Hall–Kier alpha value is -2.66.